The topological polar surface area (TPSA) is 141 Å². The molecule has 1 aliphatic heterocycles. The zero-order valence-corrected chi connectivity index (χ0v) is 18.6. The molecule has 32 heavy (non-hydrogen) atoms. The lowest BCUT2D eigenvalue weighted by Crippen LogP contribution is -2.57. The van der Waals surface area contributed by atoms with E-state index in [1.54, 1.807) is 55.5 Å². The van der Waals surface area contributed by atoms with Crippen molar-refractivity contribution >= 4 is 24.6 Å². The van der Waals surface area contributed by atoms with Gasteiger partial charge in [0.1, 0.15) is 5.75 Å². The van der Waals surface area contributed by atoms with Crippen LogP contribution >= 0.6 is 7.37 Å². The van der Waals surface area contributed by atoms with Gasteiger partial charge < -0.3 is 24.9 Å². The molecule has 1 heterocycles. The first-order valence-corrected chi connectivity index (χ1v) is 12.2. The van der Waals surface area contributed by atoms with E-state index in [-0.39, 0.29) is 30.3 Å². The molecule has 1 atom stereocenters. The summed E-state index contributed by atoms with van der Waals surface area (Å²) in [5.74, 6) is -3.07. The fourth-order valence-electron chi connectivity index (χ4n) is 4.89. The van der Waals surface area contributed by atoms with E-state index in [1.165, 1.54) is 0 Å². The molecule has 0 saturated heterocycles. The van der Waals surface area contributed by atoms with Gasteiger partial charge in [0.05, 0.1) is 11.5 Å². The van der Waals surface area contributed by atoms with Gasteiger partial charge in [-0.05, 0) is 37.0 Å². The van der Waals surface area contributed by atoms with Gasteiger partial charge in [0, 0.05) is 24.2 Å². The Morgan fingerprint density at radius 1 is 0.906 bits per heavy atom. The first kappa shape index (κ1) is 24.0. The number of hydrogen-bond donors (Lipinski definition) is 4. The summed E-state index contributed by atoms with van der Waals surface area (Å²) < 4.78 is 20.2. The van der Waals surface area contributed by atoms with E-state index in [9.17, 15) is 34.6 Å². The van der Waals surface area contributed by atoms with E-state index in [0.717, 1.165) is 0 Å². The lowest BCUT2D eigenvalue weighted by atomic mass is 9.59. The number of carboxylic acids is 2. The normalized spacial score (nSPS) is 17.7. The summed E-state index contributed by atoms with van der Waals surface area (Å²) in [6, 6.07) is 13.6. The van der Waals surface area contributed by atoms with Gasteiger partial charge in [0.2, 0.25) is 0 Å². The fraction of sp³-hybridized carbons (Fsp3) is 0.391. The number of aliphatic carboxylic acids is 2. The van der Waals surface area contributed by atoms with Gasteiger partial charge in [-0.2, -0.15) is 0 Å². The summed E-state index contributed by atoms with van der Waals surface area (Å²) in [6.07, 6.45) is -1.17. The Hall–Kier alpha value is -2.67. The number of aliphatic hydroxyl groups excluding tert-OH is 2. The molecule has 0 radical (unpaired) electrons. The van der Waals surface area contributed by atoms with E-state index in [2.05, 4.69) is 0 Å². The third-order valence-electron chi connectivity index (χ3n) is 6.63. The van der Waals surface area contributed by atoms with Gasteiger partial charge in [0.25, 0.3) is 7.37 Å². The predicted molar refractivity (Wildman–Crippen MR) is 118 cm³/mol. The molecule has 3 rings (SSSR count). The van der Waals surface area contributed by atoms with Crippen molar-refractivity contribution in [2.24, 2.45) is 10.8 Å². The van der Waals surface area contributed by atoms with Crippen molar-refractivity contribution in [3.63, 3.8) is 0 Å². The third-order valence-corrected chi connectivity index (χ3v) is 9.14. The molecule has 8 nitrogen and oxygen atoms in total. The number of carbonyl (C=O) groups is 2. The molecular weight excluding hydrogens is 435 g/mol. The van der Waals surface area contributed by atoms with Crippen LogP contribution in [0.15, 0.2) is 48.5 Å². The SMILES string of the molecule is CCC(CCO)(CCO)C(CP1(=O)Oc2ccccc2-c2ccccc21)(C(=O)O)C(=O)O. The molecule has 1 unspecified atom stereocenters. The average Bonchev–Trinajstić information content (AvgIpc) is 2.77. The van der Waals surface area contributed by atoms with E-state index < -0.39 is 49.5 Å². The standard InChI is InChI=1S/C23H27O8P/c1-2-22(11-13-24,12-14-25)23(20(26)27,21(28)29)15-32(30)19-10-6-4-8-17(19)16-7-3-5-9-18(16)31-32/h3-10,24-25H,2,11-15H2,1H3,(H,26,27)(H,28,29). The number of para-hydroxylation sites is 1. The van der Waals surface area contributed by atoms with Gasteiger partial charge in [0.15, 0.2) is 5.41 Å². The average molecular weight is 462 g/mol. The Labute approximate surface area is 185 Å². The van der Waals surface area contributed by atoms with Crippen molar-refractivity contribution in [1.82, 2.24) is 0 Å². The molecule has 0 aliphatic carbocycles. The van der Waals surface area contributed by atoms with Gasteiger partial charge in [-0.1, -0.05) is 43.3 Å². The largest absolute Gasteiger partial charge is 0.480 e. The van der Waals surface area contributed by atoms with Crippen molar-refractivity contribution in [2.45, 2.75) is 26.2 Å². The zero-order chi connectivity index (χ0) is 23.6. The minimum Gasteiger partial charge on any atom is -0.480 e. The first-order valence-electron chi connectivity index (χ1n) is 10.4. The smallest absolute Gasteiger partial charge is 0.322 e. The summed E-state index contributed by atoms with van der Waals surface area (Å²) in [5, 5.41) is 40.2. The molecule has 0 fully saturated rings. The van der Waals surface area contributed by atoms with Gasteiger partial charge in [-0.25, -0.2) is 0 Å². The fourth-order valence-corrected chi connectivity index (χ4v) is 7.80. The second kappa shape index (κ2) is 9.06. The Morgan fingerprint density at radius 2 is 1.44 bits per heavy atom. The van der Waals surface area contributed by atoms with Crippen LogP contribution in [0.25, 0.3) is 11.1 Å². The van der Waals surface area contributed by atoms with Crippen LogP contribution in [-0.2, 0) is 14.2 Å². The molecule has 0 aromatic heterocycles. The van der Waals surface area contributed by atoms with E-state index in [4.69, 9.17) is 4.52 Å². The molecule has 0 amide bonds. The molecule has 2 aromatic rings. The molecule has 4 N–H and O–H groups in total. The minimum atomic E-state index is -4.05. The summed E-state index contributed by atoms with van der Waals surface area (Å²) in [5.41, 5.74) is -2.85. The summed E-state index contributed by atoms with van der Waals surface area (Å²) in [4.78, 5) is 25.3. The number of carboxylic acid groups (broad SMARTS) is 2. The van der Waals surface area contributed by atoms with Crippen molar-refractivity contribution in [3.8, 4) is 16.9 Å². The highest BCUT2D eigenvalue weighted by Gasteiger charge is 2.64. The summed E-state index contributed by atoms with van der Waals surface area (Å²) >= 11 is 0. The lowest BCUT2D eigenvalue weighted by Gasteiger charge is -2.46. The second-order valence-corrected chi connectivity index (χ2v) is 10.4. The maximum absolute atomic E-state index is 14.3. The van der Waals surface area contributed by atoms with Gasteiger partial charge >= 0.3 is 11.9 Å². The minimum absolute atomic E-state index is 0.0327. The van der Waals surface area contributed by atoms with Crippen LogP contribution in [0, 0.1) is 10.8 Å². The van der Waals surface area contributed by atoms with Gasteiger partial charge in [-0.15, -0.1) is 0 Å². The lowest BCUT2D eigenvalue weighted by molar-refractivity contribution is -0.176. The number of rotatable bonds is 10. The molecule has 1 aliphatic rings. The maximum Gasteiger partial charge on any atom is 0.322 e. The van der Waals surface area contributed by atoms with Crippen molar-refractivity contribution < 1.29 is 39.1 Å². The molecule has 2 aromatic carbocycles. The highest BCUT2D eigenvalue weighted by atomic mass is 31.2. The molecule has 0 bridgehead atoms. The molecule has 0 saturated carbocycles. The van der Waals surface area contributed by atoms with Crippen LogP contribution in [0.2, 0.25) is 0 Å². The molecule has 172 valence electrons. The predicted octanol–water partition coefficient (Wildman–Crippen LogP) is 2.97. The Kier molecular flexibility index (Phi) is 6.79. The zero-order valence-electron chi connectivity index (χ0n) is 17.7. The van der Waals surface area contributed by atoms with Crippen molar-refractivity contribution in [3.05, 3.63) is 48.5 Å². The molecule has 0 spiro atoms. The monoisotopic (exact) mass is 462 g/mol. The van der Waals surface area contributed by atoms with E-state index in [1.807, 2.05) is 0 Å². The first-order chi connectivity index (χ1) is 15.2. The van der Waals surface area contributed by atoms with Crippen LogP contribution < -0.4 is 9.83 Å². The number of benzene rings is 2. The summed E-state index contributed by atoms with van der Waals surface area (Å²) in [6.45, 7) is 0.633. The Balaban J connectivity index is 2.27. The third kappa shape index (κ3) is 3.62. The highest BCUT2D eigenvalue weighted by molar-refractivity contribution is 7.68. The quantitative estimate of drug-likeness (QED) is 0.312. The van der Waals surface area contributed by atoms with Crippen molar-refractivity contribution in [1.29, 1.82) is 0 Å². The van der Waals surface area contributed by atoms with Crippen LogP contribution in [0.1, 0.15) is 26.2 Å². The van der Waals surface area contributed by atoms with Crippen LogP contribution in [0.5, 0.6) is 5.75 Å². The van der Waals surface area contributed by atoms with Crippen LogP contribution in [0.3, 0.4) is 0 Å². The van der Waals surface area contributed by atoms with Gasteiger partial charge in [-0.3, -0.25) is 14.2 Å². The Morgan fingerprint density at radius 3 is 1.97 bits per heavy atom. The van der Waals surface area contributed by atoms with E-state index in [0.29, 0.717) is 11.1 Å². The molecule has 9 heteroatoms. The number of aliphatic hydroxyl groups is 2. The van der Waals surface area contributed by atoms with Crippen molar-refractivity contribution in [2.75, 3.05) is 19.4 Å². The number of fused-ring (bicyclic) bond motifs is 3. The van der Waals surface area contributed by atoms with E-state index >= 15 is 0 Å². The summed E-state index contributed by atoms with van der Waals surface area (Å²) in [7, 11) is -4.05. The highest BCUT2D eigenvalue weighted by Crippen LogP contribution is 2.61. The second-order valence-electron chi connectivity index (χ2n) is 8.03. The molecular formula is C23H27O8P. The number of hydrogen-bond acceptors (Lipinski definition) is 6. The van der Waals surface area contributed by atoms with Crippen LogP contribution in [-0.4, -0.2) is 51.7 Å². The maximum atomic E-state index is 14.3. The Bertz CT molecular complexity index is 1040. The van der Waals surface area contributed by atoms with Crippen LogP contribution in [0.4, 0.5) is 0 Å².